The number of aliphatic hydroxyl groups excluding tert-OH is 1. The molecule has 2 rings (SSSR count). The second kappa shape index (κ2) is 7.16. The number of methoxy groups -OCH3 is 2. The van der Waals surface area contributed by atoms with E-state index in [4.69, 9.17) is 21.1 Å². The lowest BCUT2D eigenvalue weighted by atomic mass is 10.0. The van der Waals surface area contributed by atoms with E-state index in [-0.39, 0.29) is 0 Å². The average molecular weight is 372 g/mol. The highest BCUT2D eigenvalue weighted by atomic mass is 79.9. The van der Waals surface area contributed by atoms with E-state index in [9.17, 15) is 5.11 Å². The number of rotatable bonds is 5. The third-order valence-corrected chi connectivity index (χ3v) is 4.30. The molecular formula is C16H16BrClO3. The summed E-state index contributed by atoms with van der Waals surface area (Å²) in [5.74, 6) is 1.35. The number of hydrogen-bond acceptors (Lipinski definition) is 3. The molecule has 2 aromatic carbocycles. The minimum Gasteiger partial charge on any atom is -0.497 e. The maximum absolute atomic E-state index is 10.4. The van der Waals surface area contributed by atoms with E-state index in [1.54, 1.807) is 26.4 Å². The monoisotopic (exact) mass is 370 g/mol. The smallest absolute Gasteiger partial charge is 0.137 e. The number of ether oxygens (including phenoxy) is 2. The van der Waals surface area contributed by atoms with Crippen LogP contribution >= 0.6 is 27.5 Å². The fourth-order valence-electron chi connectivity index (χ4n) is 2.05. The molecule has 0 fully saturated rings. The van der Waals surface area contributed by atoms with Crippen molar-refractivity contribution in [2.75, 3.05) is 14.2 Å². The quantitative estimate of drug-likeness (QED) is 0.847. The van der Waals surface area contributed by atoms with Crippen LogP contribution in [-0.2, 0) is 6.42 Å². The van der Waals surface area contributed by atoms with E-state index in [0.29, 0.717) is 17.2 Å². The van der Waals surface area contributed by atoms with E-state index in [0.717, 1.165) is 21.3 Å². The summed E-state index contributed by atoms with van der Waals surface area (Å²) in [5, 5.41) is 10.9. The number of benzene rings is 2. The Kier molecular flexibility index (Phi) is 5.51. The van der Waals surface area contributed by atoms with Crippen molar-refractivity contribution >= 4 is 27.5 Å². The normalized spacial score (nSPS) is 12.0. The predicted molar refractivity (Wildman–Crippen MR) is 87.4 cm³/mol. The Morgan fingerprint density at radius 3 is 2.52 bits per heavy atom. The molecule has 0 bridgehead atoms. The summed E-state index contributed by atoms with van der Waals surface area (Å²) in [6.45, 7) is 0. The molecule has 3 nitrogen and oxygen atoms in total. The van der Waals surface area contributed by atoms with Crippen molar-refractivity contribution in [3.05, 3.63) is 57.0 Å². The van der Waals surface area contributed by atoms with Crippen molar-refractivity contribution < 1.29 is 14.6 Å². The summed E-state index contributed by atoms with van der Waals surface area (Å²) in [6, 6.07) is 11.0. The fourth-order valence-corrected chi connectivity index (χ4v) is 2.73. The predicted octanol–water partition coefficient (Wildman–Crippen LogP) is 4.40. The molecule has 0 aliphatic rings. The Bertz CT molecular complexity index is 631. The van der Waals surface area contributed by atoms with Gasteiger partial charge in [0.1, 0.15) is 11.5 Å². The van der Waals surface area contributed by atoms with E-state index in [2.05, 4.69) is 15.9 Å². The lowest BCUT2D eigenvalue weighted by Gasteiger charge is -2.14. The second-order valence-electron chi connectivity index (χ2n) is 4.57. The van der Waals surface area contributed by atoms with Crippen molar-refractivity contribution in [1.82, 2.24) is 0 Å². The highest BCUT2D eigenvalue weighted by Crippen LogP contribution is 2.31. The first kappa shape index (κ1) is 16.1. The highest BCUT2D eigenvalue weighted by molar-refractivity contribution is 9.10. The zero-order valence-electron chi connectivity index (χ0n) is 11.8. The van der Waals surface area contributed by atoms with Crippen molar-refractivity contribution in [3.8, 4) is 11.5 Å². The van der Waals surface area contributed by atoms with Crippen molar-refractivity contribution in [1.29, 1.82) is 0 Å². The molecule has 0 aliphatic carbocycles. The summed E-state index contributed by atoms with van der Waals surface area (Å²) < 4.78 is 11.2. The van der Waals surface area contributed by atoms with Gasteiger partial charge in [-0.15, -0.1) is 0 Å². The summed E-state index contributed by atoms with van der Waals surface area (Å²) >= 11 is 9.58. The molecule has 1 N–H and O–H groups in total. The first-order chi connectivity index (χ1) is 10.0. The third-order valence-electron chi connectivity index (χ3n) is 3.23. The maximum Gasteiger partial charge on any atom is 0.137 e. The van der Waals surface area contributed by atoms with Crippen LogP contribution in [0.2, 0.25) is 5.02 Å². The van der Waals surface area contributed by atoms with Crippen LogP contribution in [0.25, 0.3) is 0 Å². The van der Waals surface area contributed by atoms with Gasteiger partial charge < -0.3 is 14.6 Å². The zero-order valence-corrected chi connectivity index (χ0v) is 14.1. The molecule has 0 radical (unpaired) electrons. The molecule has 0 heterocycles. The van der Waals surface area contributed by atoms with Gasteiger partial charge >= 0.3 is 0 Å². The Labute approximate surface area is 137 Å². The third kappa shape index (κ3) is 3.90. The molecule has 21 heavy (non-hydrogen) atoms. The van der Waals surface area contributed by atoms with Gasteiger partial charge in [0.2, 0.25) is 0 Å². The number of aliphatic hydroxyl groups is 1. The van der Waals surface area contributed by atoms with Gasteiger partial charge in [0.15, 0.2) is 0 Å². The van der Waals surface area contributed by atoms with Crippen LogP contribution in [-0.4, -0.2) is 19.3 Å². The first-order valence-electron chi connectivity index (χ1n) is 6.39. The van der Waals surface area contributed by atoms with Crippen LogP contribution in [0.1, 0.15) is 17.2 Å². The molecule has 1 atom stereocenters. The SMILES string of the molecule is COc1ccc(Br)c(CC(O)c2ccc(OC)c(Cl)c2)c1. The maximum atomic E-state index is 10.4. The van der Waals surface area contributed by atoms with Gasteiger partial charge in [0.25, 0.3) is 0 Å². The Hall–Kier alpha value is -1.23. The Morgan fingerprint density at radius 1 is 1.14 bits per heavy atom. The van der Waals surface area contributed by atoms with Gasteiger partial charge in [0, 0.05) is 10.9 Å². The van der Waals surface area contributed by atoms with Crippen molar-refractivity contribution in [2.45, 2.75) is 12.5 Å². The van der Waals surface area contributed by atoms with Gasteiger partial charge in [-0.05, 0) is 41.5 Å². The van der Waals surface area contributed by atoms with Crippen LogP contribution in [0.5, 0.6) is 11.5 Å². The molecule has 112 valence electrons. The van der Waals surface area contributed by atoms with E-state index in [1.165, 1.54) is 0 Å². The molecule has 0 saturated carbocycles. The van der Waals surface area contributed by atoms with Crippen LogP contribution in [0, 0.1) is 0 Å². The average Bonchev–Trinajstić information content (AvgIpc) is 2.49. The van der Waals surface area contributed by atoms with Gasteiger partial charge in [-0.3, -0.25) is 0 Å². The molecule has 0 aromatic heterocycles. The van der Waals surface area contributed by atoms with E-state index < -0.39 is 6.10 Å². The molecule has 0 spiro atoms. The van der Waals surface area contributed by atoms with Crippen molar-refractivity contribution in [2.24, 2.45) is 0 Å². The molecule has 0 amide bonds. The lowest BCUT2D eigenvalue weighted by Crippen LogP contribution is -2.03. The number of hydrogen-bond donors (Lipinski definition) is 1. The van der Waals surface area contributed by atoms with Crippen molar-refractivity contribution in [3.63, 3.8) is 0 Å². The van der Waals surface area contributed by atoms with Crippen LogP contribution in [0.15, 0.2) is 40.9 Å². The van der Waals surface area contributed by atoms with Crippen LogP contribution < -0.4 is 9.47 Å². The van der Waals surface area contributed by atoms with E-state index >= 15 is 0 Å². The lowest BCUT2D eigenvalue weighted by molar-refractivity contribution is 0.178. The molecule has 2 aromatic rings. The minimum atomic E-state index is -0.656. The summed E-state index contributed by atoms with van der Waals surface area (Å²) in [4.78, 5) is 0. The largest absolute Gasteiger partial charge is 0.497 e. The molecule has 1 unspecified atom stereocenters. The Balaban J connectivity index is 2.21. The summed E-state index contributed by atoms with van der Waals surface area (Å²) in [5.41, 5.74) is 1.71. The van der Waals surface area contributed by atoms with Crippen LogP contribution in [0.4, 0.5) is 0 Å². The standard InChI is InChI=1S/C16H16BrClO3/c1-20-12-4-5-13(17)11(7-12)9-15(19)10-3-6-16(21-2)14(18)8-10/h3-8,15,19H,9H2,1-2H3. The molecule has 0 aliphatic heterocycles. The van der Waals surface area contributed by atoms with E-state index in [1.807, 2.05) is 24.3 Å². The van der Waals surface area contributed by atoms with Gasteiger partial charge in [-0.1, -0.05) is 33.6 Å². The number of halogens is 2. The molecule has 0 saturated heterocycles. The van der Waals surface area contributed by atoms with Crippen LogP contribution in [0.3, 0.4) is 0 Å². The fraction of sp³-hybridized carbons (Fsp3) is 0.250. The first-order valence-corrected chi connectivity index (χ1v) is 7.56. The van der Waals surface area contributed by atoms with Gasteiger partial charge in [-0.2, -0.15) is 0 Å². The minimum absolute atomic E-state index is 0.459. The molecule has 5 heteroatoms. The Morgan fingerprint density at radius 2 is 1.90 bits per heavy atom. The highest BCUT2D eigenvalue weighted by Gasteiger charge is 2.13. The zero-order chi connectivity index (χ0) is 15.4. The van der Waals surface area contributed by atoms with Gasteiger partial charge in [-0.25, -0.2) is 0 Å². The summed E-state index contributed by atoms with van der Waals surface area (Å²) in [6.07, 6.45) is -0.197. The van der Waals surface area contributed by atoms with Gasteiger partial charge in [0.05, 0.1) is 25.3 Å². The summed E-state index contributed by atoms with van der Waals surface area (Å²) in [7, 11) is 3.18. The topological polar surface area (TPSA) is 38.7 Å². The molecular weight excluding hydrogens is 356 g/mol. The second-order valence-corrected chi connectivity index (χ2v) is 5.83.